The number of hydrogen-bond acceptors (Lipinski definition) is 1. The van der Waals surface area contributed by atoms with Gasteiger partial charge in [0.15, 0.2) is 0 Å². The molecule has 90 valence electrons. The second kappa shape index (κ2) is 4.18. The molecule has 0 aliphatic carbocycles. The highest BCUT2D eigenvalue weighted by Crippen LogP contribution is 2.21. The Morgan fingerprint density at radius 2 is 1.89 bits per heavy atom. The summed E-state index contributed by atoms with van der Waals surface area (Å²) in [6.45, 7) is 0.612. The Bertz CT molecular complexity index is 703. The Balaban J connectivity index is 2.03. The van der Waals surface area contributed by atoms with Gasteiger partial charge in [-0.05, 0) is 35.9 Å². The molecule has 2 aromatic carbocycles. The van der Waals surface area contributed by atoms with Crippen molar-refractivity contribution in [3.63, 3.8) is 0 Å². The first-order chi connectivity index (χ1) is 8.74. The predicted octanol–water partition coefficient (Wildman–Crippen LogP) is 3.53. The van der Waals surface area contributed by atoms with Crippen molar-refractivity contribution in [2.45, 2.75) is 6.54 Å². The van der Waals surface area contributed by atoms with E-state index in [-0.39, 0.29) is 11.6 Å². The minimum absolute atomic E-state index is 0.206. The van der Waals surface area contributed by atoms with Crippen LogP contribution in [-0.4, -0.2) is 9.67 Å². The Morgan fingerprint density at radius 1 is 1.06 bits per heavy atom. The van der Waals surface area contributed by atoms with Crippen LogP contribution in [0.3, 0.4) is 0 Å². The molecule has 0 saturated heterocycles. The summed E-state index contributed by atoms with van der Waals surface area (Å²) in [5, 5.41) is 10.1. The van der Waals surface area contributed by atoms with Crippen LogP contribution in [0.25, 0.3) is 10.9 Å². The van der Waals surface area contributed by atoms with Gasteiger partial charge in [-0.2, -0.15) is 0 Å². The van der Waals surface area contributed by atoms with Crippen molar-refractivity contribution in [2.24, 2.45) is 0 Å². The Hall–Kier alpha value is -2.29. The summed E-state index contributed by atoms with van der Waals surface area (Å²) >= 11 is 0. The summed E-state index contributed by atoms with van der Waals surface area (Å²) in [6.07, 6.45) is 1.86. The van der Waals surface area contributed by atoms with Crippen molar-refractivity contribution in [3.05, 3.63) is 66.1 Å². The fraction of sp³-hybridized carbons (Fsp3) is 0.0667. The van der Waals surface area contributed by atoms with Gasteiger partial charge in [0.2, 0.25) is 0 Å². The quantitative estimate of drug-likeness (QED) is 0.729. The Kier molecular flexibility index (Phi) is 2.52. The van der Waals surface area contributed by atoms with E-state index in [4.69, 9.17) is 0 Å². The molecular weight excluding hydrogens is 229 g/mol. The highest BCUT2D eigenvalue weighted by Gasteiger charge is 2.05. The molecule has 3 rings (SSSR count). The summed E-state index contributed by atoms with van der Waals surface area (Å²) in [6, 6.07) is 13.9. The number of aromatic nitrogens is 1. The monoisotopic (exact) mass is 241 g/mol. The molecule has 3 aromatic rings. The molecule has 1 N–H and O–H groups in total. The van der Waals surface area contributed by atoms with Gasteiger partial charge in [-0.25, -0.2) is 4.39 Å². The zero-order valence-corrected chi connectivity index (χ0v) is 9.68. The molecule has 0 radical (unpaired) electrons. The molecule has 0 bridgehead atoms. The fourth-order valence-electron chi connectivity index (χ4n) is 2.18. The number of phenolic OH excluding ortho intramolecular Hbond substituents is 1. The van der Waals surface area contributed by atoms with Gasteiger partial charge in [0.05, 0.1) is 5.52 Å². The highest BCUT2D eigenvalue weighted by molar-refractivity contribution is 5.80. The topological polar surface area (TPSA) is 25.2 Å². The maximum absolute atomic E-state index is 13.5. The molecule has 0 aliphatic rings. The van der Waals surface area contributed by atoms with Crippen LogP contribution in [0.1, 0.15) is 5.56 Å². The number of nitrogens with zero attached hydrogens (tertiary/aromatic N) is 1. The minimum Gasteiger partial charge on any atom is -0.508 e. The van der Waals surface area contributed by atoms with Crippen LogP contribution in [-0.2, 0) is 6.54 Å². The predicted molar refractivity (Wildman–Crippen MR) is 69.1 cm³/mol. The minimum atomic E-state index is -0.206. The summed E-state index contributed by atoms with van der Waals surface area (Å²) in [4.78, 5) is 0. The van der Waals surface area contributed by atoms with Crippen LogP contribution in [0.4, 0.5) is 4.39 Å². The number of hydrogen-bond donors (Lipinski definition) is 1. The SMILES string of the molecule is Oc1cccc(Cn2ccc3c(F)cccc32)c1. The maximum atomic E-state index is 13.5. The third-order valence-electron chi connectivity index (χ3n) is 3.02. The zero-order valence-electron chi connectivity index (χ0n) is 9.68. The van der Waals surface area contributed by atoms with Crippen molar-refractivity contribution in [1.82, 2.24) is 4.57 Å². The molecular formula is C15H12FNO. The first-order valence-corrected chi connectivity index (χ1v) is 5.75. The van der Waals surface area contributed by atoms with Crippen LogP contribution in [0.15, 0.2) is 54.7 Å². The van der Waals surface area contributed by atoms with E-state index in [1.165, 1.54) is 6.07 Å². The fourth-order valence-corrected chi connectivity index (χ4v) is 2.18. The molecule has 2 nitrogen and oxygen atoms in total. The van der Waals surface area contributed by atoms with Crippen LogP contribution in [0, 0.1) is 5.82 Å². The van der Waals surface area contributed by atoms with Gasteiger partial charge in [-0.1, -0.05) is 18.2 Å². The molecule has 0 saturated carbocycles. The van der Waals surface area contributed by atoms with E-state index < -0.39 is 0 Å². The van der Waals surface area contributed by atoms with Crippen LogP contribution >= 0.6 is 0 Å². The Morgan fingerprint density at radius 3 is 2.72 bits per heavy atom. The lowest BCUT2D eigenvalue weighted by molar-refractivity contribution is 0.474. The average molecular weight is 241 g/mol. The summed E-state index contributed by atoms with van der Waals surface area (Å²) in [5.41, 5.74) is 1.84. The smallest absolute Gasteiger partial charge is 0.132 e. The van der Waals surface area contributed by atoms with Crippen LogP contribution in [0.5, 0.6) is 5.75 Å². The molecule has 0 unspecified atom stereocenters. The number of phenols is 1. The van der Waals surface area contributed by atoms with Gasteiger partial charge in [-0.3, -0.25) is 0 Å². The van der Waals surface area contributed by atoms with E-state index in [9.17, 15) is 9.50 Å². The normalized spacial score (nSPS) is 10.9. The van der Waals surface area contributed by atoms with E-state index >= 15 is 0 Å². The zero-order chi connectivity index (χ0) is 12.5. The van der Waals surface area contributed by atoms with E-state index in [2.05, 4.69) is 0 Å². The van der Waals surface area contributed by atoms with Crippen molar-refractivity contribution in [2.75, 3.05) is 0 Å². The van der Waals surface area contributed by atoms with Gasteiger partial charge in [0, 0.05) is 18.1 Å². The first-order valence-electron chi connectivity index (χ1n) is 5.75. The van der Waals surface area contributed by atoms with Crippen molar-refractivity contribution < 1.29 is 9.50 Å². The standard InChI is InChI=1S/C15H12FNO/c16-14-5-2-6-15-13(14)7-8-17(15)10-11-3-1-4-12(18)9-11/h1-9,18H,10H2. The Labute approximate surface area is 104 Å². The van der Waals surface area contributed by atoms with Gasteiger partial charge in [0.1, 0.15) is 11.6 Å². The van der Waals surface area contributed by atoms with Gasteiger partial charge in [0.25, 0.3) is 0 Å². The first kappa shape index (κ1) is 10.8. The molecule has 1 aromatic heterocycles. The molecule has 3 heteroatoms. The number of rotatable bonds is 2. The number of fused-ring (bicyclic) bond motifs is 1. The van der Waals surface area contributed by atoms with E-state index in [0.29, 0.717) is 11.9 Å². The average Bonchev–Trinajstić information content (AvgIpc) is 2.74. The van der Waals surface area contributed by atoms with E-state index in [1.807, 2.05) is 22.9 Å². The molecule has 1 heterocycles. The molecule has 0 atom stereocenters. The van der Waals surface area contributed by atoms with Gasteiger partial charge < -0.3 is 9.67 Å². The highest BCUT2D eigenvalue weighted by atomic mass is 19.1. The second-order valence-electron chi connectivity index (χ2n) is 4.29. The van der Waals surface area contributed by atoms with Crippen molar-refractivity contribution in [3.8, 4) is 5.75 Å². The third kappa shape index (κ3) is 1.84. The van der Waals surface area contributed by atoms with Crippen molar-refractivity contribution >= 4 is 10.9 Å². The lowest BCUT2D eigenvalue weighted by Crippen LogP contribution is -1.97. The third-order valence-corrected chi connectivity index (χ3v) is 3.02. The van der Waals surface area contributed by atoms with Crippen molar-refractivity contribution in [1.29, 1.82) is 0 Å². The maximum Gasteiger partial charge on any atom is 0.132 e. The van der Waals surface area contributed by atoms with E-state index in [1.54, 1.807) is 30.3 Å². The lowest BCUT2D eigenvalue weighted by Gasteiger charge is -2.06. The second-order valence-corrected chi connectivity index (χ2v) is 4.29. The molecule has 0 spiro atoms. The molecule has 0 fully saturated rings. The summed E-state index contributed by atoms with van der Waals surface area (Å²) < 4.78 is 15.5. The number of halogens is 1. The van der Waals surface area contributed by atoms with Gasteiger partial charge in [-0.15, -0.1) is 0 Å². The molecule has 18 heavy (non-hydrogen) atoms. The van der Waals surface area contributed by atoms with Crippen LogP contribution in [0.2, 0.25) is 0 Å². The van der Waals surface area contributed by atoms with Crippen LogP contribution < -0.4 is 0 Å². The molecule has 0 aliphatic heterocycles. The summed E-state index contributed by atoms with van der Waals surface area (Å²) in [5.74, 6) is 0.0392. The summed E-state index contributed by atoms with van der Waals surface area (Å²) in [7, 11) is 0. The molecule has 0 amide bonds. The van der Waals surface area contributed by atoms with E-state index in [0.717, 1.165) is 11.1 Å². The number of aromatic hydroxyl groups is 1. The lowest BCUT2D eigenvalue weighted by atomic mass is 10.2. The number of benzene rings is 2. The van der Waals surface area contributed by atoms with Gasteiger partial charge >= 0.3 is 0 Å². The largest absolute Gasteiger partial charge is 0.508 e.